The Kier molecular flexibility index (Phi) is 6.09. The van der Waals surface area contributed by atoms with Gasteiger partial charge in [-0.05, 0) is 37.3 Å². The van der Waals surface area contributed by atoms with Crippen molar-refractivity contribution in [2.45, 2.75) is 13.0 Å². The molecule has 0 aliphatic carbocycles. The van der Waals surface area contributed by atoms with E-state index < -0.39 is 23.8 Å². The van der Waals surface area contributed by atoms with Crippen molar-refractivity contribution in [3.05, 3.63) is 71.0 Å². The van der Waals surface area contributed by atoms with Crippen molar-refractivity contribution in [3.63, 3.8) is 0 Å². The molecule has 2 aromatic rings. The number of carbonyl (C=O) groups is 2. The van der Waals surface area contributed by atoms with E-state index in [0.717, 1.165) is 6.08 Å². The average molecular weight is 348 g/mol. The third-order valence-electron chi connectivity index (χ3n) is 3.09. The second-order valence-corrected chi connectivity index (χ2v) is 5.31. The Hall–Kier alpha value is -2.66. The molecule has 4 nitrogen and oxygen atoms in total. The van der Waals surface area contributed by atoms with Gasteiger partial charge in [0.05, 0.1) is 5.02 Å². The van der Waals surface area contributed by atoms with E-state index in [1.165, 1.54) is 31.2 Å². The van der Waals surface area contributed by atoms with Gasteiger partial charge >= 0.3 is 5.97 Å². The highest BCUT2D eigenvalue weighted by molar-refractivity contribution is 6.32. The number of nitrogens with one attached hydrogen (secondary N) is 1. The molecule has 1 amide bonds. The summed E-state index contributed by atoms with van der Waals surface area (Å²) >= 11 is 5.85. The van der Waals surface area contributed by atoms with E-state index in [1.54, 1.807) is 24.3 Å². The van der Waals surface area contributed by atoms with Crippen LogP contribution in [0.1, 0.15) is 12.5 Å². The van der Waals surface area contributed by atoms with Crippen LogP contribution in [0.4, 0.5) is 10.1 Å². The molecule has 0 heterocycles. The predicted molar refractivity (Wildman–Crippen MR) is 91.1 cm³/mol. The lowest BCUT2D eigenvalue weighted by Gasteiger charge is -2.12. The third-order valence-corrected chi connectivity index (χ3v) is 3.42. The zero-order valence-electron chi connectivity index (χ0n) is 12.8. The molecule has 124 valence electrons. The van der Waals surface area contributed by atoms with Crippen LogP contribution >= 0.6 is 11.6 Å². The topological polar surface area (TPSA) is 55.4 Å². The number of para-hydroxylation sites is 1. The lowest BCUT2D eigenvalue weighted by Crippen LogP contribution is -2.29. The maximum absolute atomic E-state index is 13.6. The number of anilines is 1. The van der Waals surface area contributed by atoms with E-state index in [0.29, 0.717) is 5.69 Å². The van der Waals surface area contributed by atoms with Gasteiger partial charge in [-0.1, -0.05) is 35.9 Å². The molecule has 1 unspecified atom stereocenters. The number of benzene rings is 2. The summed E-state index contributed by atoms with van der Waals surface area (Å²) in [6, 6.07) is 13.0. The van der Waals surface area contributed by atoms with Gasteiger partial charge in [0.1, 0.15) is 5.82 Å². The molecule has 0 aliphatic rings. The minimum atomic E-state index is -1.00. The third kappa shape index (κ3) is 4.93. The van der Waals surface area contributed by atoms with Crippen molar-refractivity contribution in [3.8, 4) is 0 Å². The Bertz CT molecular complexity index is 742. The number of amides is 1. The van der Waals surface area contributed by atoms with Gasteiger partial charge in [-0.3, -0.25) is 4.79 Å². The summed E-state index contributed by atoms with van der Waals surface area (Å²) in [6.07, 6.45) is 1.23. The standard InChI is InChI=1S/C18H15ClFNO3/c1-12(18(23)21-13-6-3-2-4-7-13)24-17(22)11-10-14-15(19)8-5-9-16(14)20/h2-12H,1H3,(H,21,23). The highest BCUT2D eigenvalue weighted by Crippen LogP contribution is 2.20. The van der Waals surface area contributed by atoms with Crippen molar-refractivity contribution in [2.24, 2.45) is 0 Å². The molecule has 6 heteroatoms. The summed E-state index contributed by atoms with van der Waals surface area (Å²) in [5.74, 6) is -1.79. The Balaban J connectivity index is 1.94. The number of halogens is 2. The van der Waals surface area contributed by atoms with Crippen LogP contribution in [0.15, 0.2) is 54.6 Å². The van der Waals surface area contributed by atoms with Crippen LogP contribution in [0.2, 0.25) is 5.02 Å². The van der Waals surface area contributed by atoms with E-state index in [2.05, 4.69) is 5.32 Å². The van der Waals surface area contributed by atoms with Gasteiger partial charge in [0.15, 0.2) is 6.10 Å². The van der Waals surface area contributed by atoms with E-state index >= 15 is 0 Å². The predicted octanol–water partition coefficient (Wildman–Crippen LogP) is 4.06. The smallest absolute Gasteiger partial charge is 0.331 e. The first-order valence-electron chi connectivity index (χ1n) is 7.16. The number of hydrogen-bond acceptors (Lipinski definition) is 3. The maximum Gasteiger partial charge on any atom is 0.331 e. The molecule has 0 aliphatic heterocycles. The molecule has 0 saturated carbocycles. The minimum absolute atomic E-state index is 0.0810. The molecule has 24 heavy (non-hydrogen) atoms. The summed E-state index contributed by atoms with van der Waals surface area (Å²) in [6.45, 7) is 1.44. The molecule has 2 rings (SSSR count). The molecular formula is C18H15ClFNO3. The van der Waals surface area contributed by atoms with Gasteiger partial charge in [-0.2, -0.15) is 0 Å². The summed E-state index contributed by atoms with van der Waals surface area (Å²) in [4.78, 5) is 23.7. The minimum Gasteiger partial charge on any atom is -0.449 e. The van der Waals surface area contributed by atoms with Gasteiger partial charge in [-0.25, -0.2) is 9.18 Å². The van der Waals surface area contributed by atoms with Crippen molar-refractivity contribution in [1.29, 1.82) is 0 Å². The van der Waals surface area contributed by atoms with E-state index in [-0.39, 0.29) is 10.6 Å². The summed E-state index contributed by atoms with van der Waals surface area (Å²) in [5, 5.41) is 2.79. The van der Waals surface area contributed by atoms with Gasteiger partial charge in [0.25, 0.3) is 5.91 Å². The largest absolute Gasteiger partial charge is 0.449 e. The Morgan fingerprint density at radius 3 is 2.54 bits per heavy atom. The monoisotopic (exact) mass is 347 g/mol. The van der Waals surface area contributed by atoms with Crippen LogP contribution in [0, 0.1) is 5.82 Å². The van der Waals surface area contributed by atoms with Crippen LogP contribution in [-0.4, -0.2) is 18.0 Å². The van der Waals surface area contributed by atoms with E-state index in [4.69, 9.17) is 16.3 Å². The highest BCUT2D eigenvalue weighted by atomic mass is 35.5. The zero-order chi connectivity index (χ0) is 17.5. The molecule has 1 N–H and O–H groups in total. The van der Waals surface area contributed by atoms with Gasteiger partial charge in [-0.15, -0.1) is 0 Å². The SMILES string of the molecule is CC(OC(=O)C=Cc1c(F)cccc1Cl)C(=O)Nc1ccccc1. The van der Waals surface area contributed by atoms with Gasteiger partial charge in [0.2, 0.25) is 0 Å². The molecular weight excluding hydrogens is 333 g/mol. The molecule has 0 radical (unpaired) electrons. The van der Waals surface area contributed by atoms with E-state index in [1.807, 2.05) is 6.07 Å². The normalized spacial score (nSPS) is 12.0. The van der Waals surface area contributed by atoms with Crippen molar-refractivity contribution in [2.75, 3.05) is 5.32 Å². The molecule has 1 atom stereocenters. The average Bonchev–Trinajstić information content (AvgIpc) is 2.55. The molecule has 2 aromatic carbocycles. The number of ether oxygens (including phenoxy) is 1. The Morgan fingerprint density at radius 2 is 1.88 bits per heavy atom. The fourth-order valence-electron chi connectivity index (χ4n) is 1.85. The van der Waals surface area contributed by atoms with Gasteiger partial charge in [0, 0.05) is 17.3 Å². The molecule has 0 saturated heterocycles. The Morgan fingerprint density at radius 1 is 1.17 bits per heavy atom. The number of rotatable bonds is 5. The first-order chi connectivity index (χ1) is 11.5. The fraction of sp³-hybridized carbons (Fsp3) is 0.111. The number of hydrogen-bond donors (Lipinski definition) is 1. The lowest BCUT2D eigenvalue weighted by atomic mass is 10.2. The number of esters is 1. The molecule has 0 bridgehead atoms. The van der Waals surface area contributed by atoms with Crippen molar-refractivity contribution in [1.82, 2.24) is 0 Å². The molecule has 0 spiro atoms. The number of carbonyl (C=O) groups excluding carboxylic acids is 2. The second kappa shape index (κ2) is 8.26. The first kappa shape index (κ1) is 17.7. The lowest BCUT2D eigenvalue weighted by molar-refractivity contribution is -0.148. The summed E-state index contributed by atoms with van der Waals surface area (Å²) in [7, 11) is 0. The zero-order valence-corrected chi connectivity index (χ0v) is 13.6. The Labute approximate surface area is 143 Å². The summed E-state index contributed by atoms with van der Waals surface area (Å²) < 4.78 is 18.6. The van der Waals surface area contributed by atoms with Gasteiger partial charge < -0.3 is 10.1 Å². The summed E-state index contributed by atoms with van der Waals surface area (Å²) in [5.41, 5.74) is 0.677. The second-order valence-electron chi connectivity index (χ2n) is 4.90. The van der Waals surface area contributed by atoms with Crippen LogP contribution in [0.5, 0.6) is 0 Å². The van der Waals surface area contributed by atoms with Crippen LogP contribution in [-0.2, 0) is 14.3 Å². The first-order valence-corrected chi connectivity index (χ1v) is 7.54. The van der Waals surface area contributed by atoms with Crippen molar-refractivity contribution >= 4 is 35.2 Å². The molecule has 0 fully saturated rings. The fourth-order valence-corrected chi connectivity index (χ4v) is 2.08. The van der Waals surface area contributed by atoms with Crippen LogP contribution < -0.4 is 5.32 Å². The maximum atomic E-state index is 13.6. The highest BCUT2D eigenvalue weighted by Gasteiger charge is 2.16. The molecule has 0 aromatic heterocycles. The van der Waals surface area contributed by atoms with Crippen LogP contribution in [0.3, 0.4) is 0 Å². The van der Waals surface area contributed by atoms with Crippen molar-refractivity contribution < 1.29 is 18.7 Å². The quantitative estimate of drug-likeness (QED) is 0.655. The van der Waals surface area contributed by atoms with E-state index in [9.17, 15) is 14.0 Å². The van der Waals surface area contributed by atoms with Crippen LogP contribution in [0.25, 0.3) is 6.08 Å².